The number of hydrogen-bond donors (Lipinski definition) is 0. The van der Waals surface area contributed by atoms with Gasteiger partial charge in [0.05, 0.1) is 5.69 Å². The van der Waals surface area contributed by atoms with Crippen molar-refractivity contribution in [1.29, 1.82) is 0 Å². The number of fused-ring (bicyclic) bond motifs is 5. The molecule has 6 aromatic carbocycles. The molecule has 0 amide bonds. The fourth-order valence-corrected chi connectivity index (χ4v) is 7.02. The van der Waals surface area contributed by atoms with Crippen LogP contribution in [0.5, 0.6) is 11.5 Å². The topological polar surface area (TPSA) is 31.8 Å². The van der Waals surface area contributed by atoms with Gasteiger partial charge < -0.3 is 19.4 Å². The van der Waals surface area contributed by atoms with Gasteiger partial charge in [0.2, 0.25) is 0 Å². The van der Waals surface area contributed by atoms with E-state index >= 15 is 0 Å². The first kappa shape index (κ1) is 35.1. The molecule has 0 fully saturated rings. The molecule has 7 aromatic rings. The normalized spacial score (nSPS) is 13.1. The molecule has 9 rings (SSSR count). The third kappa shape index (κ3) is 6.71. The van der Waals surface area contributed by atoms with Gasteiger partial charge in [-0.1, -0.05) is 117 Å². The molecule has 0 spiro atoms. The third-order valence-electron chi connectivity index (χ3n) is 9.77. The van der Waals surface area contributed by atoms with E-state index < -0.39 is 0 Å². The first-order valence-corrected chi connectivity index (χ1v) is 17.9. The smallest absolute Gasteiger partial charge is 0.135 e. The Balaban J connectivity index is 0.00000413. The van der Waals surface area contributed by atoms with Crippen LogP contribution in [0.25, 0.3) is 33.4 Å². The van der Waals surface area contributed by atoms with Crippen molar-refractivity contribution in [3.8, 4) is 44.9 Å². The second kappa shape index (κ2) is 14.5. The Bertz CT molecular complexity index is 2460. The molecule has 0 saturated heterocycles. The first-order valence-electron chi connectivity index (χ1n) is 17.9. The summed E-state index contributed by atoms with van der Waals surface area (Å²) >= 11 is 0. The summed E-state index contributed by atoms with van der Waals surface area (Å²) in [6.07, 6.45) is 5.89. The molecule has 2 aliphatic rings. The molecule has 0 radical (unpaired) electrons. The summed E-state index contributed by atoms with van der Waals surface area (Å²) in [5.41, 5.74) is 12.0. The Hall–Kier alpha value is -5.93. The summed E-state index contributed by atoms with van der Waals surface area (Å²) in [5, 5.41) is 0. The zero-order valence-corrected chi connectivity index (χ0v) is 31.7. The van der Waals surface area contributed by atoms with Gasteiger partial charge >= 0.3 is 0 Å². The van der Waals surface area contributed by atoms with E-state index in [1.807, 2.05) is 90.8 Å². The van der Waals surface area contributed by atoms with Crippen LogP contribution in [0.4, 0.5) is 28.6 Å². The second-order valence-corrected chi connectivity index (χ2v) is 14.3. The quantitative estimate of drug-likeness (QED) is 0.124. The van der Waals surface area contributed by atoms with Crippen LogP contribution in [-0.4, -0.2) is 4.98 Å². The first-order chi connectivity index (χ1) is 25.9. The number of aromatic nitrogens is 1. The zero-order chi connectivity index (χ0) is 35.9. The molecule has 0 saturated carbocycles. The van der Waals surface area contributed by atoms with E-state index in [2.05, 4.69) is 128 Å². The van der Waals surface area contributed by atoms with Gasteiger partial charge in [-0.3, -0.25) is 0 Å². The third-order valence-corrected chi connectivity index (χ3v) is 9.77. The Morgan fingerprint density at radius 3 is 2.04 bits per heavy atom. The van der Waals surface area contributed by atoms with Crippen molar-refractivity contribution in [1.82, 2.24) is 4.98 Å². The van der Waals surface area contributed by atoms with Crippen LogP contribution in [0.15, 0.2) is 164 Å². The van der Waals surface area contributed by atoms with Gasteiger partial charge in [-0.15, -0.1) is 48.3 Å². The minimum atomic E-state index is 0. The number of hydrogen-bond acceptors (Lipinski definition) is 5. The van der Waals surface area contributed by atoms with Gasteiger partial charge in [0.15, 0.2) is 0 Å². The minimum absolute atomic E-state index is 0. The number of ether oxygens (including phenoxy) is 1. The van der Waals surface area contributed by atoms with E-state index in [9.17, 15) is 0 Å². The second-order valence-electron chi connectivity index (χ2n) is 14.3. The monoisotopic (exact) mass is 791 g/mol. The molecule has 54 heavy (non-hydrogen) atoms. The average molecular weight is 792 g/mol. The van der Waals surface area contributed by atoms with Crippen molar-refractivity contribution in [2.24, 2.45) is 0 Å². The minimum Gasteiger partial charge on any atom is -0.509 e. The Labute approximate surface area is 331 Å². The molecule has 2 aliphatic heterocycles. The summed E-state index contributed by atoms with van der Waals surface area (Å²) in [6.45, 7) is 8.77. The van der Waals surface area contributed by atoms with Crippen molar-refractivity contribution < 1.29 is 25.2 Å². The van der Waals surface area contributed by atoms with Crippen LogP contribution < -0.4 is 19.4 Å². The van der Waals surface area contributed by atoms with Crippen LogP contribution in [-0.2, 0) is 25.8 Å². The molecule has 5 nitrogen and oxygen atoms in total. The molecule has 268 valence electrons. The Kier molecular flexibility index (Phi) is 9.42. The maximum absolute atomic E-state index is 6.55. The van der Waals surface area contributed by atoms with Gasteiger partial charge in [-0.2, -0.15) is 12.1 Å². The van der Waals surface area contributed by atoms with Crippen molar-refractivity contribution in [3.63, 3.8) is 0 Å². The van der Waals surface area contributed by atoms with E-state index in [0.29, 0.717) is 11.5 Å². The van der Waals surface area contributed by atoms with Gasteiger partial charge in [0, 0.05) is 49.4 Å². The van der Waals surface area contributed by atoms with Crippen LogP contribution in [0.2, 0.25) is 0 Å². The van der Waals surface area contributed by atoms with Crippen LogP contribution >= 0.6 is 0 Å². The van der Waals surface area contributed by atoms with Gasteiger partial charge in [0.1, 0.15) is 5.82 Å². The fraction of sp³-hybridized carbons (Fsp3) is 0.0833. The molecule has 3 heterocycles. The fourth-order valence-electron chi connectivity index (χ4n) is 7.02. The number of pyridine rings is 1. The number of anilines is 5. The molecule has 0 N–H and O–H groups in total. The summed E-state index contributed by atoms with van der Waals surface area (Å²) in [7, 11) is 0. The molecule has 0 atom stereocenters. The van der Waals surface area contributed by atoms with Gasteiger partial charge in [-0.05, 0) is 70.4 Å². The molecule has 6 heteroatoms. The Morgan fingerprint density at radius 2 is 1.28 bits per heavy atom. The summed E-state index contributed by atoms with van der Waals surface area (Å²) < 4.78 is 6.55. The summed E-state index contributed by atoms with van der Waals surface area (Å²) in [5.74, 6) is 1.97. The van der Waals surface area contributed by atoms with Crippen LogP contribution in [0.3, 0.4) is 0 Å². The predicted molar refractivity (Wildman–Crippen MR) is 217 cm³/mol. The van der Waals surface area contributed by atoms with E-state index in [1.54, 1.807) is 0 Å². The molecule has 0 bridgehead atoms. The number of rotatable bonds is 6. The number of nitrogens with zero attached hydrogens (tertiary/aromatic N) is 4. The number of benzene rings is 6. The van der Waals surface area contributed by atoms with Crippen LogP contribution in [0, 0.1) is 18.8 Å². The van der Waals surface area contributed by atoms with E-state index in [4.69, 9.17) is 9.72 Å². The zero-order valence-electron chi connectivity index (χ0n) is 30.2. The van der Waals surface area contributed by atoms with E-state index in [-0.39, 0.29) is 25.8 Å². The van der Waals surface area contributed by atoms with Crippen molar-refractivity contribution in [2.45, 2.75) is 26.2 Å². The van der Waals surface area contributed by atoms with E-state index in [0.717, 1.165) is 61.9 Å². The average Bonchev–Trinajstić information content (AvgIpc) is 3.66. The molecular weight excluding hydrogens is 755 g/mol. The Morgan fingerprint density at radius 1 is 0.593 bits per heavy atom. The standard InChI is InChI=1S/C48H37N4O.Pd/c1-48(2,3)36-22-19-34(20-23-36)35-21-25-43-41-16-7-8-17-42(41)44-26-24-40(32-46(44)52(45(43)30-35)47-18-9-10-27-49-47)53-39-15-11-14-38(31-39)51-29-28-50(33-51)37-12-5-4-6-13-37;/h4-30,33H,1-3H3;/q-3;. The molecule has 0 aliphatic carbocycles. The number of para-hydroxylation sites is 1. The maximum Gasteiger partial charge on any atom is 0.135 e. The molecule has 0 unspecified atom stereocenters. The largest absolute Gasteiger partial charge is 0.509 e. The van der Waals surface area contributed by atoms with Gasteiger partial charge in [0.25, 0.3) is 0 Å². The predicted octanol–water partition coefficient (Wildman–Crippen LogP) is 12.5. The summed E-state index contributed by atoms with van der Waals surface area (Å²) in [6, 6.07) is 57.7. The molecular formula is C48H37N4OPd-3. The van der Waals surface area contributed by atoms with Crippen LogP contribution in [0.1, 0.15) is 26.3 Å². The van der Waals surface area contributed by atoms with Gasteiger partial charge in [-0.25, -0.2) is 4.98 Å². The molecule has 1 aromatic heterocycles. The SMILES string of the molecule is CC(C)(C)c1ccc(-c2ccc3c(c2)N(c2ccccn2)c2[c-]c(Oc4[c-]c(N5C=CN(c6ccccc6)[CH-]5)ccc4)ccc2-c2ccccc2-3)cc1.[Pd]. The van der Waals surface area contributed by atoms with Crippen molar-refractivity contribution in [3.05, 3.63) is 189 Å². The van der Waals surface area contributed by atoms with E-state index in [1.165, 1.54) is 5.56 Å². The maximum atomic E-state index is 6.55. The van der Waals surface area contributed by atoms with Crippen molar-refractivity contribution >= 4 is 28.6 Å². The summed E-state index contributed by atoms with van der Waals surface area (Å²) in [4.78, 5) is 11.2. The van der Waals surface area contributed by atoms with Crippen molar-refractivity contribution in [2.75, 3.05) is 14.7 Å².